The van der Waals surface area contributed by atoms with E-state index >= 15 is 0 Å². The predicted molar refractivity (Wildman–Crippen MR) is 90.2 cm³/mol. The molecule has 2 aromatic heterocycles. The van der Waals surface area contributed by atoms with E-state index in [0.29, 0.717) is 23.8 Å². The average molecular weight is 342 g/mol. The highest BCUT2D eigenvalue weighted by atomic mass is 35.5. The number of aliphatic hydroxyl groups is 1. The normalized spacial score (nSPS) is 13.9. The predicted octanol–water partition coefficient (Wildman–Crippen LogP) is 2.98. The van der Waals surface area contributed by atoms with E-state index in [0.717, 1.165) is 4.96 Å². The Morgan fingerprint density at radius 1 is 1.64 bits per heavy atom. The van der Waals surface area contributed by atoms with Crippen molar-refractivity contribution >= 4 is 39.9 Å². The summed E-state index contributed by atoms with van der Waals surface area (Å²) in [6.07, 6.45) is 5.21. The topological polar surface area (TPSA) is 66.6 Å². The highest BCUT2D eigenvalue weighted by molar-refractivity contribution is 7.15. The van der Waals surface area contributed by atoms with Crippen LogP contribution in [0, 0.1) is 5.41 Å². The van der Waals surface area contributed by atoms with Gasteiger partial charge in [-0.1, -0.05) is 25.4 Å². The van der Waals surface area contributed by atoms with Gasteiger partial charge in [0.15, 0.2) is 10.1 Å². The van der Waals surface area contributed by atoms with Crippen LogP contribution in [0.25, 0.3) is 11.0 Å². The summed E-state index contributed by atoms with van der Waals surface area (Å²) in [5.41, 5.74) is 0.531. The third kappa shape index (κ3) is 4.32. The van der Waals surface area contributed by atoms with Crippen molar-refractivity contribution in [3.8, 4) is 0 Å². The van der Waals surface area contributed by atoms with Crippen LogP contribution in [0.4, 0.5) is 0 Å². The summed E-state index contributed by atoms with van der Waals surface area (Å²) in [5.74, 6) is -0.195. The Bertz CT molecular complexity index is 688. The van der Waals surface area contributed by atoms with Crippen molar-refractivity contribution in [2.24, 2.45) is 5.41 Å². The molecule has 2 heterocycles. The van der Waals surface area contributed by atoms with Gasteiger partial charge in [0.1, 0.15) is 0 Å². The van der Waals surface area contributed by atoms with Gasteiger partial charge in [0.05, 0.1) is 11.8 Å². The van der Waals surface area contributed by atoms with Crippen molar-refractivity contribution in [2.75, 3.05) is 6.54 Å². The van der Waals surface area contributed by atoms with Crippen LogP contribution in [-0.2, 0) is 4.79 Å². The van der Waals surface area contributed by atoms with Gasteiger partial charge in [-0.15, -0.1) is 11.3 Å². The Kier molecular flexibility index (Phi) is 5.26. The third-order valence-electron chi connectivity index (χ3n) is 3.24. The van der Waals surface area contributed by atoms with Gasteiger partial charge in [-0.3, -0.25) is 9.20 Å². The molecule has 0 bridgehead atoms. The number of aliphatic hydroxyl groups excluding tert-OH is 1. The fourth-order valence-corrected chi connectivity index (χ4v) is 3.34. The number of hydrogen-bond acceptors (Lipinski definition) is 4. The summed E-state index contributed by atoms with van der Waals surface area (Å²) in [5, 5.41) is 14.6. The Morgan fingerprint density at radius 2 is 2.36 bits per heavy atom. The Hall–Kier alpha value is -1.37. The minimum Gasteiger partial charge on any atom is -0.393 e. The van der Waals surface area contributed by atoms with Crippen molar-refractivity contribution < 1.29 is 9.90 Å². The van der Waals surface area contributed by atoms with Crippen LogP contribution in [0.5, 0.6) is 0 Å². The van der Waals surface area contributed by atoms with E-state index in [1.165, 1.54) is 17.4 Å². The van der Waals surface area contributed by atoms with E-state index in [2.05, 4.69) is 10.3 Å². The average Bonchev–Trinajstić information content (AvgIpc) is 2.93. The highest BCUT2D eigenvalue weighted by Crippen LogP contribution is 2.23. The summed E-state index contributed by atoms with van der Waals surface area (Å²) >= 11 is 7.55. The molecular weight excluding hydrogens is 322 g/mol. The largest absolute Gasteiger partial charge is 0.393 e. The molecule has 0 spiro atoms. The van der Waals surface area contributed by atoms with Gasteiger partial charge in [0.25, 0.3) is 0 Å². The molecular formula is C15H20ClN3O2S. The smallest absolute Gasteiger partial charge is 0.244 e. The number of hydrogen-bond donors (Lipinski definition) is 2. The molecule has 22 heavy (non-hydrogen) atoms. The van der Waals surface area contributed by atoms with Crippen molar-refractivity contribution in [3.63, 3.8) is 0 Å². The van der Waals surface area contributed by atoms with Crippen LogP contribution in [0.3, 0.4) is 0 Å². The molecule has 0 aromatic carbocycles. The molecule has 5 nitrogen and oxygen atoms in total. The molecule has 1 atom stereocenters. The van der Waals surface area contributed by atoms with E-state index in [9.17, 15) is 9.90 Å². The Morgan fingerprint density at radius 3 is 3.05 bits per heavy atom. The monoisotopic (exact) mass is 341 g/mol. The van der Waals surface area contributed by atoms with Gasteiger partial charge in [-0.2, -0.15) is 0 Å². The fourth-order valence-electron chi connectivity index (χ4n) is 2.34. The number of carbonyl (C=O) groups is 1. The number of nitrogens with one attached hydrogen (secondary N) is 1. The molecule has 0 aliphatic rings. The maximum atomic E-state index is 11.9. The lowest BCUT2D eigenvalue weighted by Gasteiger charge is -2.26. The van der Waals surface area contributed by atoms with E-state index < -0.39 is 0 Å². The van der Waals surface area contributed by atoms with Crippen molar-refractivity contribution in [1.82, 2.24) is 14.7 Å². The summed E-state index contributed by atoms with van der Waals surface area (Å²) < 4.78 is 1.84. The summed E-state index contributed by atoms with van der Waals surface area (Å²) in [7, 11) is 0. The highest BCUT2D eigenvalue weighted by Gasteiger charge is 2.20. The quantitative estimate of drug-likeness (QED) is 0.794. The number of imidazole rings is 1. The summed E-state index contributed by atoms with van der Waals surface area (Å²) in [4.78, 5) is 16.9. The van der Waals surface area contributed by atoms with E-state index in [1.807, 2.05) is 29.8 Å². The first-order chi connectivity index (χ1) is 10.3. The van der Waals surface area contributed by atoms with Crippen molar-refractivity contribution in [3.05, 3.63) is 28.5 Å². The van der Waals surface area contributed by atoms with E-state index in [-0.39, 0.29) is 17.4 Å². The lowest BCUT2D eigenvalue weighted by atomic mass is 9.87. The van der Waals surface area contributed by atoms with Crippen molar-refractivity contribution in [2.45, 2.75) is 33.3 Å². The van der Waals surface area contributed by atoms with Crippen molar-refractivity contribution in [1.29, 1.82) is 0 Å². The maximum Gasteiger partial charge on any atom is 0.244 e. The molecule has 0 aliphatic heterocycles. The molecule has 0 saturated heterocycles. The molecule has 1 amide bonds. The second kappa shape index (κ2) is 6.81. The number of nitrogens with zero attached hydrogens (tertiary/aromatic N) is 2. The Labute approximate surface area is 138 Å². The molecule has 1 unspecified atom stereocenters. The van der Waals surface area contributed by atoms with Crippen LogP contribution in [0.15, 0.2) is 17.7 Å². The van der Waals surface area contributed by atoms with Gasteiger partial charge in [0, 0.05) is 24.2 Å². The van der Waals surface area contributed by atoms with Gasteiger partial charge in [0.2, 0.25) is 5.91 Å². The first kappa shape index (κ1) is 17.0. The standard InChI is InChI=1S/C15H20ClN3O2S/c1-10(20)8-15(2,3)9-17-12(21)5-4-11-13(16)18-14-19(11)6-7-22-14/h4-7,10,20H,8-9H2,1-3H3,(H,17,21). The molecule has 7 heteroatoms. The third-order valence-corrected chi connectivity index (χ3v) is 4.27. The molecule has 120 valence electrons. The molecule has 2 N–H and O–H groups in total. The van der Waals surface area contributed by atoms with E-state index in [4.69, 9.17) is 11.6 Å². The zero-order chi connectivity index (χ0) is 16.3. The molecule has 2 rings (SSSR count). The minimum atomic E-state index is -0.389. The van der Waals surface area contributed by atoms with Crippen LogP contribution in [-0.4, -0.2) is 33.0 Å². The minimum absolute atomic E-state index is 0.160. The SMILES string of the molecule is CC(O)CC(C)(C)CNC(=O)C=Cc1c(Cl)nc2sccn12. The zero-order valence-electron chi connectivity index (χ0n) is 12.8. The number of amides is 1. The van der Waals surface area contributed by atoms with Crippen LogP contribution >= 0.6 is 22.9 Å². The second-order valence-corrected chi connectivity index (χ2v) is 7.34. The fraction of sp³-hybridized carbons (Fsp3) is 0.467. The first-order valence-electron chi connectivity index (χ1n) is 7.03. The number of thiazole rings is 1. The summed E-state index contributed by atoms with van der Waals surface area (Å²) in [6, 6.07) is 0. The number of rotatable bonds is 6. The number of aromatic nitrogens is 2. The number of halogens is 1. The van der Waals surface area contributed by atoms with Crippen LogP contribution < -0.4 is 5.32 Å². The lowest BCUT2D eigenvalue weighted by molar-refractivity contribution is -0.117. The molecule has 0 aliphatic carbocycles. The van der Waals surface area contributed by atoms with Crippen LogP contribution in [0.2, 0.25) is 5.15 Å². The van der Waals surface area contributed by atoms with Crippen LogP contribution in [0.1, 0.15) is 32.9 Å². The first-order valence-corrected chi connectivity index (χ1v) is 8.29. The van der Waals surface area contributed by atoms with Gasteiger partial charge >= 0.3 is 0 Å². The number of fused-ring (bicyclic) bond motifs is 1. The van der Waals surface area contributed by atoms with Gasteiger partial charge in [-0.05, 0) is 24.8 Å². The Balaban J connectivity index is 1.97. The van der Waals surface area contributed by atoms with Gasteiger partial charge < -0.3 is 10.4 Å². The second-order valence-electron chi connectivity index (χ2n) is 6.11. The molecule has 0 radical (unpaired) electrons. The molecule has 2 aromatic rings. The zero-order valence-corrected chi connectivity index (χ0v) is 14.4. The number of carbonyl (C=O) groups excluding carboxylic acids is 1. The molecule has 0 fully saturated rings. The summed E-state index contributed by atoms with van der Waals surface area (Å²) in [6.45, 7) is 6.26. The van der Waals surface area contributed by atoms with Gasteiger partial charge in [-0.25, -0.2) is 4.98 Å². The molecule has 0 saturated carbocycles. The van der Waals surface area contributed by atoms with E-state index in [1.54, 1.807) is 13.0 Å². The lowest BCUT2D eigenvalue weighted by Crippen LogP contribution is -2.34. The maximum absolute atomic E-state index is 11.9.